The van der Waals surface area contributed by atoms with E-state index < -0.39 is 5.82 Å². The molecule has 2 rings (SSSR count). The van der Waals surface area contributed by atoms with E-state index in [0.717, 1.165) is 10.9 Å². The van der Waals surface area contributed by atoms with E-state index in [9.17, 15) is 9.18 Å². The molecule has 0 saturated heterocycles. The van der Waals surface area contributed by atoms with Crippen LogP contribution in [-0.4, -0.2) is 5.91 Å². The number of halogens is 2. The topological polar surface area (TPSA) is 55.1 Å². The van der Waals surface area contributed by atoms with Crippen molar-refractivity contribution in [1.82, 2.24) is 5.32 Å². The molecule has 0 bridgehead atoms. The first-order chi connectivity index (χ1) is 8.97. The Morgan fingerprint density at radius 1 is 1.42 bits per heavy atom. The summed E-state index contributed by atoms with van der Waals surface area (Å²) in [5.74, 6) is -0.804. The Labute approximate surface area is 119 Å². The highest BCUT2D eigenvalue weighted by atomic mass is 35.5. The highest BCUT2D eigenvalue weighted by molar-refractivity contribution is 7.16. The largest absolute Gasteiger partial charge is 0.398 e. The van der Waals surface area contributed by atoms with Crippen LogP contribution in [0.4, 0.5) is 10.1 Å². The van der Waals surface area contributed by atoms with Crippen LogP contribution in [0, 0.1) is 5.82 Å². The van der Waals surface area contributed by atoms with Gasteiger partial charge >= 0.3 is 0 Å². The molecule has 1 aromatic heterocycles. The van der Waals surface area contributed by atoms with Gasteiger partial charge in [-0.1, -0.05) is 11.6 Å². The lowest BCUT2D eigenvalue weighted by molar-refractivity contribution is 0.0941. The standard InChI is InChI=1S/C13H12ClFN2OS/c1-7(11-4-5-12(14)19-11)17-13(18)9-3-2-8(15)6-10(9)16/h2-7H,16H2,1H3,(H,17,18). The SMILES string of the molecule is CC(NC(=O)c1ccc(F)cc1N)c1ccc(Cl)s1. The number of carbonyl (C=O) groups is 1. The lowest BCUT2D eigenvalue weighted by atomic mass is 10.1. The highest BCUT2D eigenvalue weighted by Crippen LogP contribution is 2.27. The summed E-state index contributed by atoms with van der Waals surface area (Å²) in [4.78, 5) is 13.0. The molecule has 0 aliphatic heterocycles. The minimum absolute atomic E-state index is 0.119. The number of anilines is 1. The van der Waals surface area contributed by atoms with E-state index in [4.69, 9.17) is 17.3 Å². The molecule has 2 aromatic rings. The van der Waals surface area contributed by atoms with Crippen molar-refractivity contribution in [3.63, 3.8) is 0 Å². The third-order valence-electron chi connectivity index (χ3n) is 2.63. The molecule has 6 heteroatoms. The van der Waals surface area contributed by atoms with E-state index in [1.807, 2.05) is 13.0 Å². The molecular weight excluding hydrogens is 287 g/mol. The fraction of sp³-hybridized carbons (Fsp3) is 0.154. The monoisotopic (exact) mass is 298 g/mol. The molecule has 0 fully saturated rings. The van der Waals surface area contributed by atoms with Gasteiger partial charge in [-0.05, 0) is 37.3 Å². The van der Waals surface area contributed by atoms with Crippen LogP contribution in [0.25, 0.3) is 0 Å². The predicted octanol–water partition coefficient (Wildman–Crippen LogP) is 3.61. The maximum atomic E-state index is 12.9. The molecule has 3 nitrogen and oxygen atoms in total. The fourth-order valence-corrected chi connectivity index (χ4v) is 2.71. The second-order valence-electron chi connectivity index (χ2n) is 4.07. The van der Waals surface area contributed by atoms with Crippen LogP contribution >= 0.6 is 22.9 Å². The number of amides is 1. The Kier molecular flexibility index (Phi) is 4.07. The first kappa shape index (κ1) is 13.8. The number of nitrogen functional groups attached to an aromatic ring is 1. The number of hydrogen-bond donors (Lipinski definition) is 2. The summed E-state index contributed by atoms with van der Waals surface area (Å²) in [6, 6.07) is 7.14. The smallest absolute Gasteiger partial charge is 0.253 e. The van der Waals surface area contributed by atoms with Gasteiger partial charge in [-0.25, -0.2) is 4.39 Å². The number of thiophene rings is 1. The van der Waals surface area contributed by atoms with Crippen molar-refractivity contribution in [2.24, 2.45) is 0 Å². The van der Waals surface area contributed by atoms with E-state index in [0.29, 0.717) is 4.34 Å². The number of nitrogens with one attached hydrogen (secondary N) is 1. The summed E-state index contributed by atoms with van der Waals surface area (Å²) in [7, 11) is 0. The number of benzene rings is 1. The van der Waals surface area contributed by atoms with Crippen LogP contribution in [0.15, 0.2) is 30.3 Å². The minimum atomic E-state index is -0.466. The van der Waals surface area contributed by atoms with Gasteiger partial charge in [0, 0.05) is 10.6 Å². The van der Waals surface area contributed by atoms with Gasteiger partial charge in [0.1, 0.15) is 5.82 Å². The van der Waals surface area contributed by atoms with Crippen LogP contribution in [0.1, 0.15) is 28.2 Å². The van der Waals surface area contributed by atoms with Crippen molar-refractivity contribution in [2.45, 2.75) is 13.0 Å². The lowest BCUT2D eigenvalue weighted by Gasteiger charge is -2.13. The summed E-state index contributed by atoms with van der Waals surface area (Å²) >= 11 is 7.24. The number of rotatable bonds is 3. The Balaban J connectivity index is 2.12. The zero-order chi connectivity index (χ0) is 14.0. The summed E-state index contributed by atoms with van der Waals surface area (Å²) in [6.45, 7) is 1.85. The van der Waals surface area contributed by atoms with Gasteiger partial charge in [0.05, 0.1) is 15.9 Å². The molecule has 100 valence electrons. The molecule has 0 saturated carbocycles. The van der Waals surface area contributed by atoms with Gasteiger partial charge in [-0.3, -0.25) is 4.79 Å². The van der Waals surface area contributed by atoms with Gasteiger partial charge in [0.25, 0.3) is 5.91 Å². The minimum Gasteiger partial charge on any atom is -0.398 e. The Morgan fingerprint density at radius 3 is 2.74 bits per heavy atom. The first-order valence-corrected chi connectivity index (χ1v) is 6.78. The van der Waals surface area contributed by atoms with E-state index in [2.05, 4.69) is 5.32 Å². The Bertz CT molecular complexity index is 614. The van der Waals surface area contributed by atoms with Crippen molar-refractivity contribution >= 4 is 34.5 Å². The molecule has 0 aliphatic rings. The van der Waals surface area contributed by atoms with Crippen molar-refractivity contribution in [2.75, 3.05) is 5.73 Å². The van der Waals surface area contributed by atoms with Crippen LogP contribution in [-0.2, 0) is 0 Å². The van der Waals surface area contributed by atoms with E-state index >= 15 is 0 Å². The normalized spacial score (nSPS) is 12.2. The number of carbonyl (C=O) groups excluding carboxylic acids is 1. The second-order valence-corrected chi connectivity index (χ2v) is 5.82. The van der Waals surface area contributed by atoms with Crippen LogP contribution < -0.4 is 11.1 Å². The van der Waals surface area contributed by atoms with Gasteiger partial charge in [0.2, 0.25) is 0 Å². The third kappa shape index (κ3) is 3.24. The molecule has 19 heavy (non-hydrogen) atoms. The van der Waals surface area contributed by atoms with Gasteiger partial charge in [0.15, 0.2) is 0 Å². The zero-order valence-corrected chi connectivity index (χ0v) is 11.7. The molecule has 1 heterocycles. The van der Waals surface area contributed by atoms with E-state index in [1.165, 1.54) is 23.5 Å². The summed E-state index contributed by atoms with van der Waals surface area (Å²) in [5.41, 5.74) is 6.00. The maximum absolute atomic E-state index is 12.9. The second kappa shape index (κ2) is 5.59. The summed E-state index contributed by atoms with van der Waals surface area (Å²) in [5, 5.41) is 2.80. The van der Waals surface area contributed by atoms with Gasteiger partial charge in [-0.15, -0.1) is 11.3 Å². The van der Waals surface area contributed by atoms with Crippen LogP contribution in [0.3, 0.4) is 0 Å². The predicted molar refractivity (Wildman–Crippen MR) is 76.0 cm³/mol. The molecule has 1 aromatic carbocycles. The molecule has 0 radical (unpaired) electrons. The third-order valence-corrected chi connectivity index (χ3v) is 4.04. The van der Waals surface area contributed by atoms with Crippen LogP contribution in [0.5, 0.6) is 0 Å². The summed E-state index contributed by atoms with van der Waals surface area (Å²) in [6.07, 6.45) is 0. The quantitative estimate of drug-likeness (QED) is 0.851. The lowest BCUT2D eigenvalue weighted by Crippen LogP contribution is -2.26. The Morgan fingerprint density at radius 2 is 2.16 bits per heavy atom. The molecule has 1 amide bonds. The molecule has 1 atom stereocenters. The fourth-order valence-electron chi connectivity index (χ4n) is 1.65. The molecule has 1 unspecified atom stereocenters. The number of hydrogen-bond acceptors (Lipinski definition) is 3. The zero-order valence-electron chi connectivity index (χ0n) is 10.1. The molecule has 0 spiro atoms. The molecular formula is C13H12ClFN2OS. The summed E-state index contributed by atoms with van der Waals surface area (Å²) < 4.78 is 13.6. The Hall–Kier alpha value is -1.59. The molecule has 3 N–H and O–H groups in total. The van der Waals surface area contributed by atoms with Crippen molar-refractivity contribution in [3.05, 3.63) is 50.9 Å². The van der Waals surface area contributed by atoms with Crippen LogP contribution in [0.2, 0.25) is 4.34 Å². The average molecular weight is 299 g/mol. The highest BCUT2D eigenvalue weighted by Gasteiger charge is 2.15. The van der Waals surface area contributed by atoms with Gasteiger partial charge < -0.3 is 11.1 Å². The van der Waals surface area contributed by atoms with E-state index in [1.54, 1.807) is 6.07 Å². The average Bonchev–Trinajstić information content (AvgIpc) is 2.75. The number of nitrogens with two attached hydrogens (primary N) is 1. The van der Waals surface area contributed by atoms with Crippen molar-refractivity contribution in [3.8, 4) is 0 Å². The van der Waals surface area contributed by atoms with E-state index in [-0.39, 0.29) is 23.2 Å². The van der Waals surface area contributed by atoms with Crippen molar-refractivity contribution in [1.29, 1.82) is 0 Å². The molecule has 0 aliphatic carbocycles. The van der Waals surface area contributed by atoms with Gasteiger partial charge in [-0.2, -0.15) is 0 Å². The maximum Gasteiger partial charge on any atom is 0.253 e. The first-order valence-electron chi connectivity index (χ1n) is 5.58. The van der Waals surface area contributed by atoms with Crippen molar-refractivity contribution < 1.29 is 9.18 Å².